The Labute approximate surface area is 242 Å². The second-order valence-electron chi connectivity index (χ2n) is 12.7. The van der Waals surface area contributed by atoms with Crippen LogP contribution in [0.1, 0.15) is 95.5 Å². The quantitative estimate of drug-likeness (QED) is 0.222. The van der Waals surface area contributed by atoms with Gasteiger partial charge in [0.1, 0.15) is 5.75 Å². The van der Waals surface area contributed by atoms with Crippen LogP contribution in [-0.4, -0.2) is 69.1 Å². The minimum Gasteiger partial charge on any atom is -0.493 e. The molecule has 40 heavy (non-hydrogen) atoms. The minimum absolute atomic E-state index is 0.0106. The SMILES string of the molecule is CNC[C@H](CC1CCCCC1)NC(=O)N1CCC[C@@H]([C@@](O)(CCCCOC)c2ccccc2OCCC2CC2)C1. The van der Waals surface area contributed by atoms with Gasteiger partial charge in [0.15, 0.2) is 0 Å². The molecule has 1 aromatic carbocycles. The lowest BCUT2D eigenvalue weighted by Gasteiger charge is -2.43. The lowest BCUT2D eigenvalue weighted by molar-refractivity contribution is -0.0580. The van der Waals surface area contributed by atoms with Gasteiger partial charge in [-0.3, -0.25) is 0 Å². The number of unbranched alkanes of at least 4 members (excludes halogenated alkanes) is 1. The third-order valence-corrected chi connectivity index (χ3v) is 9.50. The number of nitrogens with one attached hydrogen (secondary N) is 2. The van der Waals surface area contributed by atoms with Crippen LogP contribution < -0.4 is 15.4 Å². The zero-order chi connectivity index (χ0) is 28.2. The van der Waals surface area contributed by atoms with Gasteiger partial charge in [-0.05, 0) is 69.9 Å². The van der Waals surface area contributed by atoms with E-state index in [2.05, 4.69) is 10.6 Å². The molecule has 1 saturated heterocycles. The van der Waals surface area contributed by atoms with Gasteiger partial charge in [-0.2, -0.15) is 0 Å². The molecule has 3 N–H and O–H groups in total. The van der Waals surface area contributed by atoms with Gasteiger partial charge in [0.05, 0.1) is 12.2 Å². The molecule has 2 saturated carbocycles. The summed E-state index contributed by atoms with van der Waals surface area (Å²) in [4.78, 5) is 15.5. The van der Waals surface area contributed by atoms with Crippen LogP contribution in [0.4, 0.5) is 4.79 Å². The van der Waals surface area contributed by atoms with Gasteiger partial charge in [0.25, 0.3) is 0 Å². The van der Waals surface area contributed by atoms with Gasteiger partial charge in [-0.15, -0.1) is 0 Å². The molecule has 1 aromatic rings. The van der Waals surface area contributed by atoms with Crippen LogP contribution in [0.5, 0.6) is 5.75 Å². The van der Waals surface area contributed by atoms with Gasteiger partial charge >= 0.3 is 6.03 Å². The number of nitrogens with zero attached hydrogens (tertiary/aromatic N) is 1. The fraction of sp³-hybridized carbons (Fsp3) is 0.788. The average Bonchev–Trinajstić information content (AvgIpc) is 3.81. The molecule has 0 unspecified atom stereocenters. The summed E-state index contributed by atoms with van der Waals surface area (Å²) in [7, 11) is 3.69. The highest BCUT2D eigenvalue weighted by molar-refractivity contribution is 5.74. The Bertz CT molecular complexity index is 888. The fourth-order valence-electron chi connectivity index (χ4n) is 6.97. The summed E-state index contributed by atoms with van der Waals surface area (Å²) in [6.45, 7) is 3.45. The molecule has 7 nitrogen and oxygen atoms in total. The van der Waals surface area contributed by atoms with Crippen molar-refractivity contribution in [3.8, 4) is 5.75 Å². The van der Waals surface area contributed by atoms with E-state index in [9.17, 15) is 9.90 Å². The summed E-state index contributed by atoms with van der Waals surface area (Å²) < 4.78 is 11.6. The Morgan fingerprint density at radius 2 is 1.85 bits per heavy atom. The topological polar surface area (TPSA) is 83.1 Å². The van der Waals surface area contributed by atoms with E-state index >= 15 is 0 Å². The summed E-state index contributed by atoms with van der Waals surface area (Å²) >= 11 is 0. The molecule has 2 amide bonds. The van der Waals surface area contributed by atoms with Crippen molar-refractivity contribution < 1.29 is 19.4 Å². The van der Waals surface area contributed by atoms with Gasteiger partial charge < -0.3 is 30.1 Å². The Kier molecular flexibility index (Phi) is 12.4. The summed E-state index contributed by atoms with van der Waals surface area (Å²) in [6.07, 6.45) is 15.4. The van der Waals surface area contributed by atoms with Crippen molar-refractivity contribution in [1.82, 2.24) is 15.5 Å². The van der Waals surface area contributed by atoms with Crippen molar-refractivity contribution in [1.29, 1.82) is 0 Å². The van der Waals surface area contributed by atoms with Crippen molar-refractivity contribution in [3.63, 3.8) is 0 Å². The third-order valence-electron chi connectivity index (χ3n) is 9.50. The second kappa shape index (κ2) is 16.0. The molecular weight excluding hydrogens is 502 g/mol. The van der Waals surface area contributed by atoms with Gasteiger partial charge in [-0.25, -0.2) is 4.79 Å². The van der Waals surface area contributed by atoms with E-state index in [0.717, 1.165) is 68.8 Å². The first-order valence-corrected chi connectivity index (χ1v) is 16.2. The number of urea groups is 1. The monoisotopic (exact) mass is 557 g/mol. The van der Waals surface area contributed by atoms with Crippen molar-refractivity contribution in [2.45, 2.75) is 102 Å². The number of rotatable bonds is 16. The Balaban J connectivity index is 1.45. The van der Waals surface area contributed by atoms with E-state index in [4.69, 9.17) is 9.47 Å². The lowest BCUT2D eigenvalue weighted by atomic mass is 9.73. The van der Waals surface area contributed by atoms with Gasteiger partial charge in [-0.1, -0.05) is 63.1 Å². The number of piperidine rings is 1. The van der Waals surface area contributed by atoms with Crippen LogP contribution in [0, 0.1) is 17.8 Å². The third kappa shape index (κ3) is 9.09. The molecule has 3 atom stereocenters. The van der Waals surface area contributed by atoms with Crippen LogP contribution in [-0.2, 0) is 10.3 Å². The fourth-order valence-corrected chi connectivity index (χ4v) is 6.97. The Hall–Kier alpha value is -1.83. The average molecular weight is 558 g/mol. The lowest BCUT2D eigenvalue weighted by Crippen LogP contribution is -2.54. The molecule has 2 aliphatic carbocycles. The molecular formula is C33H55N3O4. The van der Waals surface area contributed by atoms with E-state index in [-0.39, 0.29) is 18.0 Å². The summed E-state index contributed by atoms with van der Waals surface area (Å²) in [5.74, 6) is 2.25. The number of likely N-dealkylation sites (N-methyl/N-ethyl adjacent to an activating group) is 1. The number of carbonyl (C=O) groups is 1. The van der Waals surface area contributed by atoms with Crippen molar-refractivity contribution in [2.24, 2.45) is 17.8 Å². The number of amides is 2. The molecule has 7 heteroatoms. The highest BCUT2D eigenvalue weighted by Gasteiger charge is 2.43. The molecule has 4 rings (SSSR count). The Morgan fingerprint density at radius 1 is 1.05 bits per heavy atom. The molecule has 3 aliphatic rings. The Morgan fingerprint density at radius 3 is 2.60 bits per heavy atom. The van der Waals surface area contributed by atoms with Crippen molar-refractivity contribution in [2.75, 3.05) is 47.0 Å². The second-order valence-corrected chi connectivity index (χ2v) is 12.7. The largest absolute Gasteiger partial charge is 0.493 e. The van der Waals surface area contributed by atoms with Crippen LogP contribution >= 0.6 is 0 Å². The number of benzene rings is 1. The summed E-state index contributed by atoms with van der Waals surface area (Å²) in [6, 6.07) is 8.18. The maximum atomic E-state index is 13.6. The number of para-hydroxylation sites is 1. The van der Waals surface area contributed by atoms with Crippen molar-refractivity contribution >= 4 is 6.03 Å². The van der Waals surface area contributed by atoms with E-state index < -0.39 is 5.60 Å². The maximum Gasteiger partial charge on any atom is 0.317 e. The van der Waals surface area contributed by atoms with Crippen LogP contribution in [0.25, 0.3) is 0 Å². The van der Waals surface area contributed by atoms with E-state index in [1.54, 1.807) is 7.11 Å². The zero-order valence-electron chi connectivity index (χ0n) is 25.2. The number of ether oxygens (including phenoxy) is 2. The molecule has 0 spiro atoms. The predicted molar refractivity (Wildman–Crippen MR) is 161 cm³/mol. The first-order valence-electron chi connectivity index (χ1n) is 16.2. The standard InChI is InChI=1S/C33H55N3O4/c1-34-24-29(23-27-11-4-3-5-12-27)35-32(37)36-20-10-13-28(25-36)33(38,19-8-9-21-39-2)30-14-6-7-15-31(30)40-22-18-26-16-17-26/h6-7,14-15,26-29,34,38H,3-5,8-13,16-25H2,1-2H3,(H,35,37)/t28-,29+,33+/m1/s1. The van der Waals surface area contributed by atoms with Gasteiger partial charge in [0.2, 0.25) is 0 Å². The van der Waals surface area contributed by atoms with Gasteiger partial charge in [0, 0.05) is 50.9 Å². The molecule has 1 heterocycles. The number of likely N-dealkylation sites (tertiary alicyclic amines) is 1. The first kappa shape index (κ1) is 31.1. The first-order chi connectivity index (χ1) is 19.5. The van der Waals surface area contributed by atoms with E-state index in [1.165, 1.54) is 44.9 Å². The number of hydrogen-bond donors (Lipinski definition) is 3. The molecule has 0 bridgehead atoms. The number of methoxy groups -OCH3 is 1. The highest BCUT2D eigenvalue weighted by atomic mass is 16.5. The zero-order valence-corrected chi connectivity index (χ0v) is 25.2. The molecule has 226 valence electrons. The van der Waals surface area contributed by atoms with E-state index in [1.807, 2.05) is 36.2 Å². The van der Waals surface area contributed by atoms with Crippen LogP contribution in [0.2, 0.25) is 0 Å². The molecule has 0 radical (unpaired) electrons. The highest BCUT2D eigenvalue weighted by Crippen LogP contribution is 2.44. The summed E-state index contributed by atoms with van der Waals surface area (Å²) in [5, 5.41) is 19.2. The smallest absolute Gasteiger partial charge is 0.317 e. The van der Waals surface area contributed by atoms with E-state index in [0.29, 0.717) is 32.1 Å². The van der Waals surface area contributed by atoms with Crippen LogP contribution in [0.3, 0.4) is 0 Å². The molecule has 0 aromatic heterocycles. The molecule has 3 fully saturated rings. The predicted octanol–water partition coefficient (Wildman–Crippen LogP) is 5.85. The minimum atomic E-state index is -1.06. The molecule has 1 aliphatic heterocycles. The maximum absolute atomic E-state index is 13.6. The number of carbonyl (C=O) groups excluding carboxylic acids is 1. The normalized spacial score (nSPS) is 22.5. The van der Waals surface area contributed by atoms with Crippen LogP contribution in [0.15, 0.2) is 24.3 Å². The van der Waals surface area contributed by atoms with Crippen molar-refractivity contribution in [3.05, 3.63) is 29.8 Å². The number of aliphatic hydroxyl groups is 1. The number of hydrogen-bond acceptors (Lipinski definition) is 5. The summed E-state index contributed by atoms with van der Waals surface area (Å²) in [5.41, 5.74) is -0.184.